The topological polar surface area (TPSA) is 49.3 Å². The minimum absolute atomic E-state index is 0. The number of carboxylic acid groups (broad SMARTS) is 1. The van der Waals surface area contributed by atoms with Crippen molar-refractivity contribution in [2.45, 2.75) is 19.3 Å². The molecule has 2 fully saturated rings. The summed E-state index contributed by atoms with van der Waals surface area (Å²) in [6, 6.07) is 0. The van der Waals surface area contributed by atoms with Crippen LogP contribution in [0, 0.1) is 17.8 Å². The molecule has 0 aromatic carbocycles. The Bertz CT molecular complexity index is 176. The summed E-state index contributed by atoms with van der Waals surface area (Å²) in [6.45, 7) is 1.82. The van der Waals surface area contributed by atoms with Crippen molar-refractivity contribution in [1.82, 2.24) is 5.32 Å². The molecule has 13 heavy (non-hydrogen) atoms. The van der Waals surface area contributed by atoms with Crippen molar-refractivity contribution in [3.05, 3.63) is 0 Å². The van der Waals surface area contributed by atoms with Crippen LogP contribution >= 0.6 is 12.4 Å². The third-order valence-electron chi connectivity index (χ3n) is 3.26. The van der Waals surface area contributed by atoms with Crippen molar-refractivity contribution in [1.29, 1.82) is 0 Å². The molecule has 0 aromatic heterocycles. The Hall–Kier alpha value is -0.280. The summed E-state index contributed by atoms with van der Waals surface area (Å²) in [5.74, 6) is 0.163. The van der Waals surface area contributed by atoms with E-state index < -0.39 is 5.97 Å². The zero-order chi connectivity index (χ0) is 8.55. The van der Waals surface area contributed by atoms with Crippen LogP contribution in [0.5, 0.6) is 0 Å². The van der Waals surface area contributed by atoms with Gasteiger partial charge in [0.15, 0.2) is 0 Å². The minimum atomic E-state index is -0.578. The fraction of sp³-hybridized carbons (Fsp3) is 0.889. The van der Waals surface area contributed by atoms with Gasteiger partial charge in [0.2, 0.25) is 0 Å². The van der Waals surface area contributed by atoms with E-state index in [-0.39, 0.29) is 18.3 Å². The monoisotopic (exact) mass is 205 g/mol. The molecule has 2 aliphatic rings. The lowest BCUT2D eigenvalue weighted by Crippen LogP contribution is -2.49. The highest BCUT2D eigenvalue weighted by Gasteiger charge is 2.40. The summed E-state index contributed by atoms with van der Waals surface area (Å²) < 4.78 is 0. The average Bonchev–Trinajstić information content (AvgIpc) is 2.02. The fourth-order valence-electron chi connectivity index (χ4n) is 2.70. The number of aliphatic carboxylic acids is 1. The minimum Gasteiger partial charge on any atom is -0.481 e. The molecule has 1 heterocycles. The maximum absolute atomic E-state index is 10.9. The van der Waals surface area contributed by atoms with Gasteiger partial charge < -0.3 is 10.4 Å². The second kappa shape index (κ2) is 4.29. The molecule has 2 N–H and O–H groups in total. The van der Waals surface area contributed by atoms with Crippen LogP contribution in [0.1, 0.15) is 19.3 Å². The number of nitrogens with one attached hydrogen (secondary N) is 1. The first kappa shape index (κ1) is 10.8. The summed E-state index contributed by atoms with van der Waals surface area (Å²) in [7, 11) is 0. The Morgan fingerprint density at radius 1 is 1.23 bits per heavy atom. The molecule has 0 aromatic rings. The number of hydrogen-bond donors (Lipinski definition) is 2. The third-order valence-corrected chi connectivity index (χ3v) is 3.26. The maximum atomic E-state index is 10.9. The van der Waals surface area contributed by atoms with Crippen LogP contribution in [0.4, 0.5) is 0 Å². The summed E-state index contributed by atoms with van der Waals surface area (Å²) in [5, 5.41) is 12.3. The molecular formula is C9H16ClNO2. The number of hydrogen-bond acceptors (Lipinski definition) is 2. The van der Waals surface area contributed by atoms with Gasteiger partial charge >= 0.3 is 5.97 Å². The zero-order valence-corrected chi connectivity index (χ0v) is 8.35. The van der Waals surface area contributed by atoms with E-state index >= 15 is 0 Å². The molecule has 0 amide bonds. The van der Waals surface area contributed by atoms with E-state index in [9.17, 15) is 4.79 Å². The van der Waals surface area contributed by atoms with E-state index in [2.05, 4.69) is 5.32 Å². The lowest BCUT2D eigenvalue weighted by atomic mass is 9.70. The lowest BCUT2D eigenvalue weighted by molar-refractivity contribution is -0.148. The van der Waals surface area contributed by atoms with E-state index in [0.717, 1.165) is 25.9 Å². The van der Waals surface area contributed by atoms with Crippen molar-refractivity contribution < 1.29 is 9.90 Å². The third kappa shape index (κ3) is 1.97. The van der Waals surface area contributed by atoms with Crippen LogP contribution in [0.2, 0.25) is 0 Å². The first-order chi connectivity index (χ1) is 5.79. The van der Waals surface area contributed by atoms with Crippen LogP contribution in [-0.4, -0.2) is 24.2 Å². The number of halogens is 1. The number of carbonyl (C=O) groups is 1. The van der Waals surface area contributed by atoms with Gasteiger partial charge in [0.25, 0.3) is 0 Å². The van der Waals surface area contributed by atoms with Crippen LogP contribution in [0.15, 0.2) is 0 Å². The fourth-order valence-corrected chi connectivity index (χ4v) is 2.70. The zero-order valence-electron chi connectivity index (χ0n) is 7.53. The van der Waals surface area contributed by atoms with Crippen LogP contribution < -0.4 is 5.32 Å². The Morgan fingerprint density at radius 3 is 2.15 bits per heavy atom. The van der Waals surface area contributed by atoms with E-state index in [4.69, 9.17) is 5.11 Å². The number of rotatable bonds is 1. The second-order valence-electron chi connectivity index (χ2n) is 3.97. The van der Waals surface area contributed by atoms with Gasteiger partial charge in [-0.15, -0.1) is 12.4 Å². The van der Waals surface area contributed by atoms with Crippen molar-refractivity contribution >= 4 is 18.4 Å². The van der Waals surface area contributed by atoms with Gasteiger partial charge in [-0.2, -0.15) is 0 Å². The van der Waals surface area contributed by atoms with E-state index in [0.29, 0.717) is 11.8 Å². The van der Waals surface area contributed by atoms with Gasteiger partial charge in [-0.3, -0.25) is 4.79 Å². The molecule has 3 nitrogen and oxygen atoms in total. The van der Waals surface area contributed by atoms with Crippen molar-refractivity contribution in [3.8, 4) is 0 Å². The molecule has 1 aliphatic heterocycles. The standard InChI is InChI=1S/C9H15NO2.ClH/c11-9(12)8-6-2-1-3-7(8)5-10-4-6;/h6-8,10H,1-5H2,(H,11,12);1H. The quantitative estimate of drug-likeness (QED) is 0.675. The van der Waals surface area contributed by atoms with Crippen molar-refractivity contribution in [3.63, 3.8) is 0 Å². The van der Waals surface area contributed by atoms with Gasteiger partial charge in [0.05, 0.1) is 5.92 Å². The number of carboxylic acids is 1. The maximum Gasteiger partial charge on any atom is 0.307 e. The summed E-state index contributed by atoms with van der Waals surface area (Å²) >= 11 is 0. The highest BCUT2D eigenvalue weighted by atomic mass is 35.5. The predicted octanol–water partition coefficient (Wildman–Crippen LogP) is 1.13. The molecule has 2 unspecified atom stereocenters. The predicted molar refractivity (Wildman–Crippen MR) is 52.1 cm³/mol. The molecule has 4 heteroatoms. The first-order valence-corrected chi connectivity index (χ1v) is 4.72. The van der Waals surface area contributed by atoms with E-state index in [1.165, 1.54) is 6.42 Å². The highest BCUT2D eigenvalue weighted by molar-refractivity contribution is 5.85. The largest absolute Gasteiger partial charge is 0.481 e. The second-order valence-corrected chi connectivity index (χ2v) is 3.97. The van der Waals surface area contributed by atoms with Gasteiger partial charge in [0.1, 0.15) is 0 Å². The summed E-state index contributed by atoms with van der Waals surface area (Å²) in [6.07, 6.45) is 3.42. The first-order valence-electron chi connectivity index (χ1n) is 4.72. The molecule has 2 atom stereocenters. The van der Waals surface area contributed by atoms with E-state index in [1.807, 2.05) is 0 Å². The van der Waals surface area contributed by atoms with Crippen molar-refractivity contribution in [2.24, 2.45) is 17.8 Å². The molecule has 1 saturated heterocycles. The average molecular weight is 206 g/mol. The molecule has 2 bridgehead atoms. The number of piperidine rings is 1. The molecule has 1 saturated carbocycles. The Labute approximate surface area is 84.3 Å². The molecular weight excluding hydrogens is 190 g/mol. The Kier molecular flexibility index (Phi) is 3.56. The number of fused-ring (bicyclic) bond motifs is 2. The van der Waals surface area contributed by atoms with Gasteiger partial charge in [-0.25, -0.2) is 0 Å². The van der Waals surface area contributed by atoms with Crippen LogP contribution in [-0.2, 0) is 4.79 Å². The highest BCUT2D eigenvalue weighted by Crippen LogP contribution is 2.36. The van der Waals surface area contributed by atoms with Gasteiger partial charge in [0, 0.05) is 0 Å². The molecule has 76 valence electrons. The molecule has 0 radical (unpaired) electrons. The van der Waals surface area contributed by atoms with Crippen LogP contribution in [0.3, 0.4) is 0 Å². The summed E-state index contributed by atoms with van der Waals surface area (Å²) in [4.78, 5) is 10.9. The normalized spacial score (nSPS) is 37.7. The van der Waals surface area contributed by atoms with Crippen molar-refractivity contribution in [2.75, 3.05) is 13.1 Å². The smallest absolute Gasteiger partial charge is 0.307 e. The van der Waals surface area contributed by atoms with Gasteiger partial charge in [-0.1, -0.05) is 6.42 Å². The molecule has 1 aliphatic carbocycles. The molecule has 2 rings (SSSR count). The Balaban J connectivity index is 0.000000845. The Morgan fingerprint density at radius 2 is 1.77 bits per heavy atom. The van der Waals surface area contributed by atoms with Gasteiger partial charge in [-0.05, 0) is 37.8 Å². The summed E-state index contributed by atoms with van der Waals surface area (Å²) in [5.41, 5.74) is 0. The molecule has 0 spiro atoms. The van der Waals surface area contributed by atoms with Crippen LogP contribution in [0.25, 0.3) is 0 Å². The van der Waals surface area contributed by atoms with E-state index in [1.54, 1.807) is 0 Å². The lowest BCUT2D eigenvalue weighted by Gasteiger charge is -2.40. The SMILES string of the molecule is Cl.O=C(O)C1C2CCCC1CNC2.